The molecule has 1 heterocycles. The van der Waals surface area contributed by atoms with Gasteiger partial charge in [0.1, 0.15) is 0 Å². The van der Waals surface area contributed by atoms with Crippen LogP contribution >= 0.6 is 11.8 Å². The summed E-state index contributed by atoms with van der Waals surface area (Å²) in [7, 11) is 0. The quantitative estimate of drug-likeness (QED) is 0.850. The van der Waals surface area contributed by atoms with E-state index in [1.807, 2.05) is 37.7 Å². The summed E-state index contributed by atoms with van der Waals surface area (Å²) >= 11 is 1.66. The van der Waals surface area contributed by atoms with Crippen molar-refractivity contribution in [3.8, 4) is 0 Å². The molecule has 0 fully saturated rings. The topological polar surface area (TPSA) is 45.1 Å². The molecule has 4 heteroatoms. The lowest BCUT2D eigenvalue weighted by molar-refractivity contribution is 0.0846. The van der Waals surface area contributed by atoms with E-state index >= 15 is 0 Å². The normalized spacial score (nSPS) is 14.5. The summed E-state index contributed by atoms with van der Waals surface area (Å²) in [6, 6.07) is 8.25. The van der Waals surface area contributed by atoms with Crippen LogP contribution in [-0.4, -0.2) is 34.2 Å². The van der Waals surface area contributed by atoms with Gasteiger partial charge >= 0.3 is 0 Å². The number of nitrogens with zero attached hydrogens (tertiary/aromatic N) is 1. The minimum Gasteiger partial charge on any atom is -0.388 e. The SMILES string of the molecule is CSCC(C)(O)CNCc1cccc2cnccc12. The first-order chi connectivity index (χ1) is 9.12. The lowest BCUT2D eigenvalue weighted by Crippen LogP contribution is -2.39. The van der Waals surface area contributed by atoms with Crippen LogP contribution in [0, 0.1) is 0 Å². The smallest absolute Gasteiger partial charge is 0.0833 e. The maximum absolute atomic E-state index is 10.1. The Balaban J connectivity index is 2.02. The summed E-state index contributed by atoms with van der Waals surface area (Å²) in [5, 5.41) is 15.8. The number of nitrogens with one attached hydrogen (secondary N) is 1. The summed E-state index contributed by atoms with van der Waals surface area (Å²) in [5.74, 6) is 0.736. The Morgan fingerprint density at radius 3 is 3.00 bits per heavy atom. The lowest BCUT2D eigenvalue weighted by Gasteiger charge is -2.22. The van der Waals surface area contributed by atoms with Crippen LogP contribution in [0.1, 0.15) is 12.5 Å². The van der Waals surface area contributed by atoms with Crippen molar-refractivity contribution in [2.24, 2.45) is 0 Å². The van der Waals surface area contributed by atoms with Crippen molar-refractivity contribution < 1.29 is 5.11 Å². The third-order valence-corrected chi connectivity index (χ3v) is 3.96. The Kier molecular flexibility index (Phi) is 4.80. The van der Waals surface area contributed by atoms with Crippen LogP contribution in [0.15, 0.2) is 36.7 Å². The maximum atomic E-state index is 10.1. The monoisotopic (exact) mass is 276 g/mol. The Morgan fingerprint density at radius 2 is 2.21 bits per heavy atom. The van der Waals surface area contributed by atoms with Crippen LogP contribution in [0.3, 0.4) is 0 Å². The highest BCUT2D eigenvalue weighted by Crippen LogP contribution is 2.17. The lowest BCUT2D eigenvalue weighted by atomic mass is 10.1. The number of hydrogen-bond donors (Lipinski definition) is 2. The number of aromatic nitrogens is 1. The van der Waals surface area contributed by atoms with Crippen molar-refractivity contribution in [1.82, 2.24) is 10.3 Å². The van der Waals surface area contributed by atoms with Crippen LogP contribution < -0.4 is 5.32 Å². The fourth-order valence-electron chi connectivity index (χ4n) is 2.17. The molecule has 0 aliphatic carbocycles. The van der Waals surface area contributed by atoms with Gasteiger partial charge in [-0.25, -0.2) is 0 Å². The minimum absolute atomic E-state index is 0.593. The molecule has 0 saturated heterocycles. The van der Waals surface area contributed by atoms with Crippen molar-refractivity contribution in [3.63, 3.8) is 0 Å². The van der Waals surface area contributed by atoms with E-state index in [2.05, 4.69) is 22.4 Å². The molecule has 1 aromatic heterocycles. The fraction of sp³-hybridized carbons (Fsp3) is 0.400. The molecule has 0 aliphatic rings. The average molecular weight is 276 g/mol. The molecule has 102 valence electrons. The number of thioether (sulfide) groups is 1. The third-order valence-electron chi connectivity index (χ3n) is 3.05. The van der Waals surface area contributed by atoms with Crippen LogP contribution in [0.25, 0.3) is 10.8 Å². The number of rotatable bonds is 6. The molecule has 1 unspecified atom stereocenters. The molecule has 2 rings (SSSR count). The largest absolute Gasteiger partial charge is 0.388 e. The van der Waals surface area contributed by atoms with Gasteiger partial charge in [-0.1, -0.05) is 18.2 Å². The molecule has 1 atom stereocenters. The summed E-state index contributed by atoms with van der Waals surface area (Å²) in [4.78, 5) is 4.13. The van der Waals surface area contributed by atoms with Crippen molar-refractivity contribution in [3.05, 3.63) is 42.2 Å². The van der Waals surface area contributed by atoms with E-state index in [-0.39, 0.29) is 0 Å². The summed E-state index contributed by atoms with van der Waals surface area (Å²) in [5.41, 5.74) is 0.575. The van der Waals surface area contributed by atoms with E-state index in [4.69, 9.17) is 0 Å². The van der Waals surface area contributed by atoms with Crippen molar-refractivity contribution >= 4 is 22.5 Å². The van der Waals surface area contributed by atoms with E-state index in [9.17, 15) is 5.11 Å². The Bertz CT molecular complexity index is 537. The molecule has 2 aromatic rings. The van der Waals surface area contributed by atoms with Gasteiger partial charge in [-0.3, -0.25) is 4.98 Å². The molecule has 0 amide bonds. The fourth-order valence-corrected chi connectivity index (χ4v) is 2.90. The first-order valence-corrected chi connectivity index (χ1v) is 7.75. The van der Waals surface area contributed by atoms with E-state index in [0.29, 0.717) is 6.54 Å². The highest BCUT2D eigenvalue weighted by molar-refractivity contribution is 7.98. The summed E-state index contributed by atoms with van der Waals surface area (Å²) < 4.78 is 0. The molecular weight excluding hydrogens is 256 g/mol. The molecule has 0 bridgehead atoms. The third kappa shape index (κ3) is 3.93. The van der Waals surface area contributed by atoms with Crippen LogP contribution in [0.4, 0.5) is 0 Å². The second kappa shape index (κ2) is 6.37. The second-order valence-electron chi connectivity index (χ2n) is 5.05. The predicted molar refractivity (Wildman–Crippen MR) is 82.5 cm³/mol. The van der Waals surface area contributed by atoms with Gasteiger partial charge in [0.05, 0.1) is 5.60 Å². The van der Waals surface area contributed by atoms with Gasteiger partial charge in [0.2, 0.25) is 0 Å². The standard InChI is InChI=1S/C15H20N2OS/c1-15(18,11-19-2)10-17-9-13-5-3-4-12-8-16-7-6-14(12)13/h3-8,17-18H,9-11H2,1-2H3. The van der Waals surface area contributed by atoms with Crippen molar-refractivity contribution in [2.45, 2.75) is 19.1 Å². The van der Waals surface area contributed by atoms with Crippen molar-refractivity contribution in [1.29, 1.82) is 0 Å². The van der Waals surface area contributed by atoms with Crippen LogP contribution in [0.2, 0.25) is 0 Å². The Hall–Kier alpha value is -1.10. The van der Waals surface area contributed by atoms with E-state index in [1.54, 1.807) is 11.8 Å². The zero-order valence-corrected chi connectivity index (χ0v) is 12.2. The molecule has 0 saturated carbocycles. The molecule has 0 radical (unpaired) electrons. The van der Waals surface area contributed by atoms with E-state index in [0.717, 1.165) is 17.7 Å². The second-order valence-corrected chi connectivity index (χ2v) is 5.91. The molecule has 1 aromatic carbocycles. The average Bonchev–Trinajstić information content (AvgIpc) is 2.39. The zero-order chi connectivity index (χ0) is 13.7. The molecule has 2 N–H and O–H groups in total. The van der Waals surface area contributed by atoms with Crippen molar-refractivity contribution in [2.75, 3.05) is 18.6 Å². The van der Waals surface area contributed by atoms with E-state index in [1.165, 1.54) is 10.9 Å². The van der Waals surface area contributed by atoms with E-state index < -0.39 is 5.60 Å². The van der Waals surface area contributed by atoms with Crippen LogP contribution in [0.5, 0.6) is 0 Å². The van der Waals surface area contributed by atoms with Crippen LogP contribution in [-0.2, 0) is 6.54 Å². The predicted octanol–water partition coefficient (Wildman–Crippen LogP) is 2.44. The zero-order valence-electron chi connectivity index (χ0n) is 11.4. The molecule has 0 spiro atoms. The van der Waals surface area contributed by atoms with Gasteiger partial charge < -0.3 is 10.4 Å². The van der Waals surface area contributed by atoms with Gasteiger partial charge in [0, 0.05) is 36.6 Å². The number of hydrogen-bond acceptors (Lipinski definition) is 4. The number of pyridine rings is 1. The summed E-state index contributed by atoms with van der Waals surface area (Å²) in [6.45, 7) is 3.21. The molecule has 0 aliphatic heterocycles. The molecule has 3 nitrogen and oxygen atoms in total. The number of benzene rings is 1. The molecule has 19 heavy (non-hydrogen) atoms. The Morgan fingerprint density at radius 1 is 1.37 bits per heavy atom. The maximum Gasteiger partial charge on any atom is 0.0833 e. The summed E-state index contributed by atoms with van der Waals surface area (Å²) in [6.07, 6.45) is 5.70. The van der Waals surface area contributed by atoms with Gasteiger partial charge in [-0.15, -0.1) is 0 Å². The van der Waals surface area contributed by atoms with Gasteiger partial charge in [-0.2, -0.15) is 11.8 Å². The highest BCUT2D eigenvalue weighted by Gasteiger charge is 2.18. The number of fused-ring (bicyclic) bond motifs is 1. The molecular formula is C15H20N2OS. The number of aliphatic hydroxyl groups is 1. The van der Waals surface area contributed by atoms with Gasteiger partial charge in [0.25, 0.3) is 0 Å². The van der Waals surface area contributed by atoms with Gasteiger partial charge in [0.15, 0.2) is 0 Å². The highest BCUT2D eigenvalue weighted by atomic mass is 32.2. The first-order valence-electron chi connectivity index (χ1n) is 6.36. The Labute approximate surface area is 118 Å². The minimum atomic E-state index is -0.661. The first kappa shape index (κ1) is 14.3. The van der Waals surface area contributed by atoms with Gasteiger partial charge in [-0.05, 0) is 30.2 Å².